The van der Waals surface area contributed by atoms with Gasteiger partial charge in [0.25, 0.3) is 0 Å². The minimum atomic E-state index is -0.829. The molecule has 3 N–H and O–H groups in total. The lowest BCUT2D eigenvalue weighted by molar-refractivity contribution is -0.141. The Bertz CT molecular complexity index is 621. The fraction of sp³-hybridized carbons (Fsp3) is 0.526. The van der Waals surface area contributed by atoms with Crippen molar-refractivity contribution >= 4 is 23.5 Å². The number of hydrogen-bond donors (Lipinski definition) is 3. The predicted molar refractivity (Wildman–Crippen MR) is 95.1 cm³/mol. The van der Waals surface area contributed by atoms with Crippen LogP contribution in [0.5, 0.6) is 0 Å². The van der Waals surface area contributed by atoms with Crippen LogP contribution in [-0.4, -0.2) is 28.9 Å². The summed E-state index contributed by atoms with van der Waals surface area (Å²) in [6.45, 7) is 3.33. The van der Waals surface area contributed by atoms with E-state index in [2.05, 4.69) is 10.6 Å². The van der Waals surface area contributed by atoms with E-state index in [9.17, 15) is 14.4 Å². The first kappa shape index (κ1) is 19.0. The monoisotopic (exact) mass is 346 g/mol. The van der Waals surface area contributed by atoms with Crippen LogP contribution in [0, 0.1) is 11.8 Å². The highest BCUT2D eigenvalue weighted by molar-refractivity contribution is 5.97. The molecule has 1 aromatic carbocycles. The van der Waals surface area contributed by atoms with Gasteiger partial charge in [-0.3, -0.25) is 14.4 Å². The lowest BCUT2D eigenvalue weighted by Gasteiger charge is -2.17. The van der Waals surface area contributed by atoms with Crippen LogP contribution in [0.25, 0.3) is 0 Å². The number of aliphatic carboxylic acids is 1. The molecular weight excluding hydrogens is 320 g/mol. The molecule has 1 aromatic rings. The van der Waals surface area contributed by atoms with Gasteiger partial charge in [0.05, 0.1) is 5.92 Å². The molecule has 2 unspecified atom stereocenters. The highest BCUT2D eigenvalue weighted by Gasteiger charge is 2.25. The maximum Gasteiger partial charge on any atom is 0.306 e. The van der Waals surface area contributed by atoms with Crippen molar-refractivity contribution in [3.8, 4) is 0 Å². The molecule has 6 heteroatoms. The molecule has 1 aliphatic carbocycles. The van der Waals surface area contributed by atoms with Crippen molar-refractivity contribution in [2.75, 3.05) is 5.32 Å². The Hall–Kier alpha value is -2.37. The van der Waals surface area contributed by atoms with Gasteiger partial charge >= 0.3 is 5.97 Å². The van der Waals surface area contributed by atoms with Crippen molar-refractivity contribution in [1.29, 1.82) is 0 Å². The van der Waals surface area contributed by atoms with E-state index in [-0.39, 0.29) is 17.7 Å². The van der Waals surface area contributed by atoms with Crippen LogP contribution in [0.1, 0.15) is 45.1 Å². The summed E-state index contributed by atoms with van der Waals surface area (Å²) in [5, 5.41) is 14.5. The molecule has 0 radical (unpaired) electrons. The number of carbonyl (C=O) groups excluding carboxylic acids is 2. The van der Waals surface area contributed by atoms with E-state index >= 15 is 0 Å². The van der Waals surface area contributed by atoms with Gasteiger partial charge in [-0.15, -0.1) is 0 Å². The highest BCUT2D eigenvalue weighted by Crippen LogP contribution is 2.24. The number of carboxylic acids is 1. The molecule has 2 rings (SSSR count). The first-order valence-electron chi connectivity index (χ1n) is 8.80. The van der Waals surface area contributed by atoms with Gasteiger partial charge in [-0.1, -0.05) is 31.9 Å². The molecule has 2 atom stereocenters. The van der Waals surface area contributed by atoms with Crippen LogP contribution in [-0.2, 0) is 20.8 Å². The number of amides is 2. The number of nitrogens with one attached hydrogen (secondary N) is 2. The maximum absolute atomic E-state index is 12.2. The molecule has 6 nitrogen and oxygen atoms in total. The molecule has 136 valence electrons. The number of rotatable bonds is 7. The highest BCUT2D eigenvalue weighted by atomic mass is 16.4. The number of benzene rings is 1. The summed E-state index contributed by atoms with van der Waals surface area (Å²) >= 11 is 0. The smallest absolute Gasteiger partial charge is 0.306 e. The van der Waals surface area contributed by atoms with Crippen molar-refractivity contribution in [2.24, 2.45) is 11.8 Å². The summed E-state index contributed by atoms with van der Waals surface area (Å²) < 4.78 is 0. The van der Waals surface area contributed by atoms with Gasteiger partial charge < -0.3 is 15.7 Å². The Morgan fingerprint density at radius 2 is 1.72 bits per heavy atom. The molecule has 2 amide bonds. The Morgan fingerprint density at radius 1 is 1.12 bits per heavy atom. The molecule has 1 fully saturated rings. The largest absolute Gasteiger partial charge is 0.481 e. The van der Waals surface area contributed by atoms with Gasteiger partial charge in [-0.25, -0.2) is 0 Å². The van der Waals surface area contributed by atoms with Gasteiger partial charge in [0.1, 0.15) is 6.04 Å². The topological polar surface area (TPSA) is 95.5 Å². The first-order chi connectivity index (χ1) is 11.9. The minimum Gasteiger partial charge on any atom is -0.481 e. The lowest BCUT2D eigenvalue weighted by Crippen LogP contribution is -2.43. The molecular formula is C19H26N2O4. The average molecular weight is 346 g/mol. The van der Waals surface area contributed by atoms with Crippen LogP contribution in [0.15, 0.2) is 24.3 Å². The van der Waals surface area contributed by atoms with E-state index in [1.807, 2.05) is 0 Å². The van der Waals surface area contributed by atoms with E-state index in [1.165, 1.54) is 0 Å². The second-order valence-electron chi connectivity index (χ2n) is 6.84. The zero-order chi connectivity index (χ0) is 18.4. The molecule has 25 heavy (non-hydrogen) atoms. The fourth-order valence-corrected chi connectivity index (χ4v) is 3.00. The standard InChI is InChI=1S/C19H26N2O4/c1-12(19(24)25)11-14-7-9-16(10-8-14)21-17(22)13(2)20-18(23)15-5-3-4-6-15/h7-10,12-13,15H,3-6,11H2,1-2H3,(H,20,23)(H,21,22)(H,24,25). The van der Waals surface area contributed by atoms with Gasteiger partial charge in [-0.2, -0.15) is 0 Å². The Morgan fingerprint density at radius 3 is 2.28 bits per heavy atom. The number of hydrogen-bond acceptors (Lipinski definition) is 3. The summed E-state index contributed by atoms with van der Waals surface area (Å²) in [4.78, 5) is 35.2. The molecule has 0 aromatic heterocycles. The zero-order valence-electron chi connectivity index (χ0n) is 14.7. The van der Waals surface area contributed by atoms with Crippen molar-refractivity contribution in [2.45, 2.75) is 52.0 Å². The predicted octanol–water partition coefficient (Wildman–Crippen LogP) is 2.58. The second kappa shape index (κ2) is 8.65. The van der Waals surface area contributed by atoms with E-state index in [1.54, 1.807) is 38.1 Å². The minimum absolute atomic E-state index is 0.0331. The molecule has 0 bridgehead atoms. The van der Waals surface area contributed by atoms with Gasteiger partial charge in [0.2, 0.25) is 11.8 Å². The van der Waals surface area contributed by atoms with Crippen molar-refractivity contribution in [3.05, 3.63) is 29.8 Å². The van der Waals surface area contributed by atoms with E-state index in [4.69, 9.17) is 5.11 Å². The zero-order valence-corrected chi connectivity index (χ0v) is 14.7. The molecule has 0 heterocycles. The van der Waals surface area contributed by atoms with Crippen molar-refractivity contribution < 1.29 is 19.5 Å². The van der Waals surface area contributed by atoms with Crippen LogP contribution in [0.4, 0.5) is 5.69 Å². The summed E-state index contributed by atoms with van der Waals surface area (Å²) in [5.74, 6) is -1.56. The average Bonchev–Trinajstić information content (AvgIpc) is 3.11. The van der Waals surface area contributed by atoms with Crippen molar-refractivity contribution in [1.82, 2.24) is 5.32 Å². The summed E-state index contributed by atoms with van der Waals surface area (Å²) in [7, 11) is 0. The third-order valence-electron chi connectivity index (χ3n) is 4.66. The molecule has 0 aliphatic heterocycles. The third kappa shape index (κ3) is 5.59. The van der Waals surface area contributed by atoms with Gasteiger partial charge in [0, 0.05) is 11.6 Å². The Balaban J connectivity index is 1.84. The Labute approximate surface area is 148 Å². The van der Waals surface area contributed by atoms with E-state index in [0.29, 0.717) is 12.1 Å². The summed E-state index contributed by atoms with van der Waals surface area (Å²) in [5.41, 5.74) is 1.52. The van der Waals surface area contributed by atoms with Gasteiger partial charge in [0.15, 0.2) is 0 Å². The third-order valence-corrected chi connectivity index (χ3v) is 4.66. The number of anilines is 1. The van der Waals surface area contributed by atoms with E-state index < -0.39 is 17.9 Å². The molecule has 1 saturated carbocycles. The van der Waals surface area contributed by atoms with Crippen LogP contribution < -0.4 is 10.6 Å². The summed E-state index contributed by atoms with van der Waals surface area (Å²) in [6.07, 6.45) is 4.39. The number of carboxylic acid groups (broad SMARTS) is 1. The van der Waals surface area contributed by atoms with Crippen LogP contribution in [0.2, 0.25) is 0 Å². The molecule has 1 aliphatic rings. The lowest BCUT2D eigenvalue weighted by atomic mass is 10.0. The van der Waals surface area contributed by atoms with Gasteiger partial charge in [-0.05, 0) is 43.9 Å². The fourth-order valence-electron chi connectivity index (χ4n) is 3.00. The first-order valence-corrected chi connectivity index (χ1v) is 8.80. The SMILES string of the molecule is CC(Cc1ccc(NC(=O)C(C)NC(=O)C2CCCC2)cc1)C(=O)O. The van der Waals surface area contributed by atoms with E-state index in [0.717, 1.165) is 31.2 Å². The Kier molecular flexibility index (Phi) is 6.56. The van der Waals surface area contributed by atoms with Crippen molar-refractivity contribution in [3.63, 3.8) is 0 Å². The maximum atomic E-state index is 12.2. The summed E-state index contributed by atoms with van der Waals surface area (Å²) in [6, 6.07) is 6.49. The van der Waals surface area contributed by atoms with Crippen LogP contribution >= 0.6 is 0 Å². The molecule has 0 saturated heterocycles. The van der Waals surface area contributed by atoms with Crippen LogP contribution in [0.3, 0.4) is 0 Å². The normalized spacial score (nSPS) is 16.9. The quantitative estimate of drug-likeness (QED) is 0.707. The number of carbonyl (C=O) groups is 3. The molecule has 0 spiro atoms. The second-order valence-corrected chi connectivity index (χ2v) is 6.84.